The number of halogens is 1. The Morgan fingerprint density at radius 1 is 1.09 bits per heavy atom. The Hall–Kier alpha value is -1.37. The largest absolute Gasteiger partial charge is 0.587 e. The summed E-state index contributed by atoms with van der Waals surface area (Å²) < 4.78 is 29.7. The Morgan fingerprint density at radius 2 is 1.87 bits per heavy atom. The minimum atomic E-state index is -3.83. The van der Waals surface area contributed by atoms with Gasteiger partial charge in [-0.1, -0.05) is 18.2 Å². The van der Waals surface area contributed by atoms with Gasteiger partial charge in [-0.3, -0.25) is 9.32 Å². The van der Waals surface area contributed by atoms with Crippen LogP contribution in [0.3, 0.4) is 0 Å². The molecule has 3 rings (SSSR count). The second-order valence-electron chi connectivity index (χ2n) is 4.98. The van der Waals surface area contributed by atoms with Crippen molar-refractivity contribution in [3.8, 4) is 11.5 Å². The van der Waals surface area contributed by atoms with Gasteiger partial charge in [0.1, 0.15) is 11.5 Å². The summed E-state index contributed by atoms with van der Waals surface area (Å²) >= 11 is 2.13. The number of carbonyl (C=O) groups is 1. The maximum absolute atomic E-state index is 12.8. The lowest BCUT2D eigenvalue weighted by Gasteiger charge is -2.18. The van der Waals surface area contributed by atoms with Crippen LogP contribution in [0.1, 0.15) is 22.3 Å². The minimum Gasteiger partial charge on any atom is -0.395 e. The van der Waals surface area contributed by atoms with Gasteiger partial charge in [-0.15, -0.1) is 0 Å². The second-order valence-corrected chi connectivity index (χ2v) is 7.85. The molecule has 2 aromatic carbocycles. The first-order valence-electron chi connectivity index (χ1n) is 6.96. The third-order valence-corrected chi connectivity index (χ3v) is 5.46. The summed E-state index contributed by atoms with van der Waals surface area (Å²) in [5.41, 5.74) is 1.36. The standard InChI is InChI=1S/C16H14IO5P/c1-20-23(19,21-12-5-2-4-11(17)10-12)22-16-7-3-6-13-14(16)8-9-15(13)18/h2-7,10H,8-9H2,1H3. The smallest absolute Gasteiger partial charge is 0.395 e. The number of ketones is 1. The summed E-state index contributed by atoms with van der Waals surface area (Å²) in [6, 6.07) is 12.2. The van der Waals surface area contributed by atoms with Gasteiger partial charge in [0.05, 0.1) is 0 Å². The fourth-order valence-electron chi connectivity index (χ4n) is 2.41. The van der Waals surface area contributed by atoms with Gasteiger partial charge in [-0.05, 0) is 53.3 Å². The molecule has 5 nitrogen and oxygen atoms in total. The zero-order valence-corrected chi connectivity index (χ0v) is 15.4. The van der Waals surface area contributed by atoms with E-state index in [2.05, 4.69) is 22.6 Å². The van der Waals surface area contributed by atoms with Crippen molar-refractivity contribution in [2.45, 2.75) is 12.8 Å². The van der Waals surface area contributed by atoms with E-state index < -0.39 is 7.82 Å². The Morgan fingerprint density at radius 3 is 2.61 bits per heavy atom. The normalized spacial score (nSPS) is 15.8. The van der Waals surface area contributed by atoms with Crippen molar-refractivity contribution in [1.29, 1.82) is 0 Å². The van der Waals surface area contributed by atoms with Gasteiger partial charge >= 0.3 is 7.82 Å². The van der Waals surface area contributed by atoms with Crippen LogP contribution in [0.15, 0.2) is 42.5 Å². The number of carbonyl (C=O) groups excluding carboxylic acids is 1. The van der Waals surface area contributed by atoms with E-state index in [1.165, 1.54) is 7.11 Å². The number of rotatable bonds is 5. The summed E-state index contributed by atoms with van der Waals surface area (Å²) in [5.74, 6) is 0.825. The van der Waals surface area contributed by atoms with Gasteiger partial charge in [0, 0.05) is 28.2 Å². The Bertz CT molecular complexity index is 805. The van der Waals surface area contributed by atoms with Crippen LogP contribution in [0.25, 0.3) is 0 Å². The maximum Gasteiger partial charge on any atom is 0.587 e. The third kappa shape index (κ3) is 3.59. The number of hydrogen-bond acceptors (Lipinski definition) is 5. The molecule has 0 heterocycles. The first kappa shape index (κ1) is 16.5. The van der Waals surface area contributed by atoms with Crippen molar-refractivity contribution in [3.63, 3.8) is 0 Å². The van der Waals surface area contributed by atoms with Gasteiger partial charge in [0.15, 0.2) is 5.78 Å². The molecule has 0 saturated carbocycles. The molecule has 0 bridgehead atoms. The fraction of sp³-hybridized carbons (Fsp3) is 0.188. The number of fused-ring (bicyclic) bond motifs is 1. The van der Waals surface area contributed by atoms with Crippen LogP contribution in [0.5, 0.6) is 11.5 Å². The predicted octanol–water partition coefficient (Wildman–Crippen LogP) is 4.63. The monoisotopic (exact) mass is 444 g/mol. The molecule has 0 amide bonds. The van der Waals surface area contributed by atoms with E-state index in [0.29, 0.717) is 29.9 Å². The van der Waals surface area contributed by atoms with Crippen LogP contribution in [0, 0.1) is 3.57 Å². The summed E-state index contributed by atoms with van der Waals surface area (Å²) in [6.07, 6.45) is 1.00. The van der Waals surface area contributed by atoms with E-state index >= 15 is 0 Å². The van der Waals surface area contributed by atoms with Gasteiger partial charge in [0.2, 0.25) is 0 Å². The zero-order valence-electron chi connectivity index (χ0n) is 12.3. The highest BCUT2D eigenvalue weighted by molar-refractivity contribution is 14.1. The van der Waals surface area contributed by atoms with Gasteiger partial charge in [-0.2, -0.15) is 0 Å². The summed E-state index contributed by atoms with van der Waals surface area (Å²) in [4.78, 5) is 11.8. The van der Waals surface area contributed by atoms with Crippen LogP contribution in [0.4, 0.5) is 0 Å². The molecule has 7 heteroatoms. The molecule has 120 valence electrons. The van der Waals surface area contributed by atoms with E-state index in [9.17, 15) is 9.36 Å². The lowest BCUT2D eigenvalue weighted by atomic mass is 10.1. The highest BCUT2D eigenvalue weighted by Gasteiger charge is 2.32. The molecule has 0 aliphatic heterocycles. The van der Waals surface area contributed by atoms with Crippen molar-refractivity contribution >= 4 is 36.2 Å². The highest BCUT2D eigenvalue weighted by atomic mass is 127. The van der Waals surface area contributed by atoms with E-state index in [0.717, 1.165) is 9.13 Å². The predicted molar refractivity (Wildman–Crippen MR) is 94.1 cm³/mol. The molecule has 0 aromatic heterocycles. The molecule has 0 radical (unpaired) electrons. The summed E-state index contributed by atoms with van der Waals surface area (Å²) in [6.45, 7) is 0. The summed E-state index contributed by atoms with van der Waals surface area (Å²) in [7, 11) is -2.56. The van der Waals surface area contributed by atoms with Crippen LogP contribution in [-0.4, -0.2) is 12.9 Å². The molecule has 0 N–H and O–H groups in total. The molecule has 0 spiro atoms. The molecule has 23 heavy (non-hydrogen) atoms. The average molecular weight is 444 g/mol. The third-order valence-electron chi connectivity index (χ3n) is 3.48. The number of phosphoric ester groups is 1. The molecule has 0 saturated heterocycles. The average Bonchev–Trinajstić information content (AvgIpc) is 2.90. The van der Waals surface area contributed by atoms with E-state index in [-0.39, 0.29) is 5.78 Å². The first-order chi connectivity index (χ1) is 11.0. The first-order valence-corrected chi connectivity index (χ1v) is 9.50. The molecular formula is C16H14IO5P. The van der Waals surface area contributed by atoms with Crippen molar-refractivity contribution in [3.05, 3.63) is 57.2 Å². The lowest BCUT2D eigenvalue weighted by Crippen LogP contribution is -2.04. The topological polar surface area (TPSA) is 61.8 Å². The van der Waals surface area contributed by atoms with Gasteiger partial charge < -0.3 is 9.05 Å². The van der Waals surface area contributed by atoms with Crippen molar-refractivity contribution in [2.24, 2.45) is 0 Å². The Kier molecular flexibility index (Phi) is 4.75. The highest BCUT2D eigenvalue weighted by Crippen LogP contribution is 2.50. The van der Waals surface area contributed by atoms with Crippen LogP contribution < -0.4 is 9.05 Å². The molecule has 1 aliphatic carbocycles. The number of benzene rings is 2. The van der Waals surface area contributed by atoms with Gasteiger partial charge in [-0.25, -0.2) is 4.57 Å². The molecule has 2 aromatic rings. The maximum atomic E-state index is 12.8. The van der Waals surface area contributed by atoms with Crippen LogP contribution in [0.2, 0.25) is 0 Å². The quantitative estimate of drug-likeness (QED) is 0.497. The Balaban J connectivity index is 1.88. The van der Waals surface area contributed by atoms with Crippen LogP contribution >= 0.6 is 30.4 Å². The molecule has 0 fully saturated rings. The van der Waals surface area contributed by atoms with E-state index in [1.54, 1.807) is 36.4 Å². The fourth-order valence-corrected chi connectivity index (χ4v) is 3.89. The van der Waals surface area contributed by atoms with Crippen molar-refractivity contribution in [2.75, 3.05) is 7.11 Å². The summed E-state index contributed by atoms with van der Waals surface area (Å²) in [5, 5.41) is 0. The molecule has 1 atom stereocenters. The molecule has 1 unspecified atom stereocenters. The number of hydrogen-bond donors (Lipinski definition) is 0. The van der Waals surface area contributed by atoms with Crippen molar-refractivity contribution in [1.82, 2.24) is 0 Å². The molecular weight excluding hydrogens is 430 g/mol. The Labute approximate surface area is 147 Å². The lowest BCUT2D eigenvalue weighted by molar-refractivity contribution is 0.0994. The SMILES string of the molecule is COP(=O)(Oc1cccc(I)c1)Oc1cccc2c1CCC2=O. The van der Waals surface area contributed by atoms with Crippen molar-refractivity contribution < 1.29 is 22.9 Å². The number of Topliss-reactive ketones (excluding diaryl/α,β-unsaturated/α-hetero) is 1. The van der Waals surface area contributed by atoms with Gasteiger partial charge in [0.25, 0.3) is 0 Å². The number of phosphoric acid groups is 1. The van der Waals surface area contributed by atoms with E-state index in [1.807, 2.05) is 6.07 Å². The second kappa shape index (κ2) is 6.63. The van der Waals surface area contributed by atoms with Crippen LogP contribution in [-0.2, 0) is 15.5 Å². The van der Waals surface area contributed by atoms with E-state index in [4.69, 9.17) is 13.6 Å². The minimum absolute atomic E-state index is 0.0660. The molecule has 1 aliphatic rings. The zero-order chi connectivity index (χ0) is 16.4.